The minimum absolute atomic E-state index is 0.236. The van der Waals surface area contributed by atoms with Crippen LogP contribution in [0.3, 0.4) is 0 Å². The summed E-state index contributed by atoms with van der Waals surface area (Å²) in [5.41, 5.74) is 5.63. The van der Waals surface area contributed by atoms with Crippen LogP contribution in [-0.4, -0.2) is 6.61 Å². The number of hydrogen-bond acceptors (Lipinski definition) is 1. The van der Waals surface area contributed by atoms with E-state index in [9.17, 15) is 0 Å². The van der Waals surface area contributed by atoms with Gasteiger partial charge in [-0.05, 0) is 42.7 Å². The maximum absolute atomic E-state index is 6.73. The molecule has 0 aliphatic carbocycles. The van der Waals surface area contributed by atoms with Crippen LogP contribution in [0.2, 0.25) is 5.02 Å². The second-order valence-electron chi connectivity index (χ2n) is 5.30. The first-order valence-corrected chi connectivity index (χ1v) is 7.54. The van der Waals surface area contributed by atoms with Crippen molar-refractivity contribution in [3.8, 4) is 5.75 Å². The number of aryl methyl sites for hydroxylation is 2. The molecule has 1 atom stereocenters. The molecule has 3 rings (SSSR count). The standard InChI is InChI=1S/C17H16Cl2O/c1-10-3-4-11(2)14(7-10)16(19)15-9-13(18)8-12-5-6-20-17(12)15/h3-4,7-9,16H,5-6H2,1-2H3. The van der Waals surface area contributed by atoms with Crippen molar-refractivity contribution < 1.29 is 4.74 Å². The van der Waals surface area contributed by atoms with Gasteiger partial charge in [0.2, 0.25) is 0 Å². The number of hydrogen-bond donors (Lipinski definition) is 0. The second-order valence-corrected chi connectivity index (χ2v) is 6.18. The predicted molar refractivity (Wildman–Crippen MR) is 84.3 cm³/mol. The molecule has 1 nitrogen and oxygen atoms in total. The minimum atomic E-state index is -0.236. The number of rotatable bonds is 2. The Balaban J connectivity index is 2.11. The van der Waals surface area contributed by atoms with Crippen LogP contribution in [0.5, 0.6) is 5.75 Å². The summed E-state index contributed by atoms with van der Waals surface area (Å²) >= 11 is 12.9. The van der Waals surface area contributed by atoms with Crippen molar-refractivity contribution >= 4 is 23.2 Å². The van der Waals surface area contributed by atoms with Gasteiger partial charge in [-0.3, -0.25) is 0 Å². The van der Waals surface area contributed by atoms with Crippen molar-refractivity contribution in [3.63, 3.8) is 0 Å². The van der Waals surface area contributed by atoms with Gasteiger partial charge in [0.25, 0.3) is 0 Å². The molecular formula is C17H16Cl2O. The van der Waals surface area contributed by atoms with Crippen molar-refractivity contribution in [2.75, 3.05) is 6.61 Å². The number of benzene rings is 2. The lowest BCUT2D eigenvalue weighted by Gasteiger charge is -2.17. The highest BCUT2D eigenvalue weighted by molar-refractivity contribution is 6.31. The molecule has 0 amide bonds. The maximum atomic E-state index is 6.73. The Morgan fingerprint density at radius 1 is 1.10 bits per heavy atom. The molecule has 104 valence electrons. The van der Waals surface area contributed by atoms with E-state index in [1.807, 2.05) is 12.1 Å². The van der Waals surface area contributed by atoms with Gasteiger partial charge in [0.1, 0.15) is 5.75 Å². The zero-order valence-corrected chi connectivity index (χ0v) is 13.1. The Hall–Kier alpha value is -1.18. The molecule has 0 radical (unpaired) electrons. The minimum Gasteiger partial charge on any atom is -0.493 e. The smallest absolute Gasteiger partial charge is 0.127 e. The summed E-state index contributed by atoms with van der Waals surface area (Å²) in [7, 11) is 0. The second kappa shape index (κ2) is 5.31. The average Bonchev–Trinajstić information content (AvgIpc) is 2.87. The van der Waals surface area contributed by atoms with Gasteiger partial charge in [-0.25, -0.2) is 0 Å². The van der Waals surface area contributed by atoms with Gasteiger partial charge in [-0.15, -0.1) is 11.6 Å². The molecule has 20 heavy (non-hydrogen) atoms. The predicted octanol–water partition coefficient (Wildman–Crippen LogP) is 5.22. The third-order valence-electron chi connectivity index (χ3n) is 3.76. The lowest BCUT2D eigenvalue weighted by atomic mass is 9.96. The third-order valence-corrected chi connectivity index (χ3v) is 4.45. The summed E-state index contributed by atoms with van der Waals surface area (Å²) in [5, 5.41) is 0.487. The van der Waals surface area contributed by atoms with Gasteiger partial charge in [0, 0.05) is 17.0 Å². The summed E-state index contributed by atoms with van der Waals surface area (Å²) in [6.45, 7) is 4.86. The van der Waals surface area contributed by atoms with Crippen LogP contribution in [0, 0.1) is 13.8 Å². The number of ether oxygens (including phenoxy) is 1. The van der Waals surface area contributed by atoms with Crippen molar-refractivity contribution in [1.29, 1.82) is 0 Å². The van der Waals surface area contributed by atoms with Crippen LogP contribution >= 0.6 is 23.2 Å². The summed E-state index contributed by atoms with van der Waals surface area (Å²) in [6, 6.07) is 10.2. The Morgan fingerprint density at radius 3 is 2.70 bits per heavy atom. The fourth-order valence-electron chi connectivity index (χ4n) is 2.69. The molecule has 3 heteroatoms. The van der Waals surface area contributed by atoms with E-state index in [1.54, 1.807) is 0 Å². The highest BCUT2D eigenvalue weighted by Gasteiger charge is 2.24. The molecule has 1 aliphatic rings. The van der Waals surface area contributed by atoms with Crippen LogP contribution in [0.25, 0.3) is 0 Å². The first-order valence-electron chi connectivity index (χ1n) is 6.72. The van der Waals surface area contributed by atoms with E-state index < -0.39 is 0 Å². The van der Waals surface area contributed by atoms with E-state index in [0.717, 1.165) is 33.9 Å². The topological polar surface area (TPSA) is 9.23 Å². The number of halogens is 2. The first-order chi connectivity index (χ1) is 9.56. The molecule has 1 aliphatic heterocycles. The van der Waals surface area contributed by atoms with E-state index in [4.69, 9.17) is 27.9 Å². The molecule has 0 N–H and O–H groups in total. The van der Waals surface area contributed by atoms with Crippen LogP contribution in [0.4, 0.5) is 0 Å². The van der Waals surface area contributed by atoms with E-state index in [1.165, 1.54) is 11.1 Å². The van der Waals surface area contributed by atoms with Crippen LogP contribution in [0.1, 0.15) is 33.2 Å². The van der Waals surface area contributed by atoms with Crippen LogP contribution in [-0.2, 0) is 6.42 Å². The van der Waals surface area contributed by atoms with E-state index in [0.29, 0.717) is 6.61 Å². The quantitative estimate of drug-likeness (QED) is 0.691. The van der Waals surface area contributed by atoms with Crippen molar-refractivity contribution in [2.45, 2.75) is 25.6 Å². The van der Waals surface area contributed by atoms with E-state index in [2.05, 4.69) is 32.0 Å². The summed E-state index contributed by atoms with van der Waals surface area (Å²) < 4.78 is 5.75. The van der Waals surface area contributed by atoms with Crippen molar-refractivity contribution in [1.82, 2.24) is 0 Å². The third kappa shape index (κ3) is 2.41. The Kier molecular flexibility index (Phi) is 3.66. The fourth-order valence-corrected chi connectivity index (χ4v) is 3.33. The Bertz CT molecular complexity index is 664. The lowest BCUT2D eigenvalue weighted by Crippen LogP contribution is -2.00. The average molecular weight is 307 g/mol. The summed E-state index contributed by atoms with van der Waals surface area (Å²) in [5.74, 6) is 0.912. The summed E-state index contributed by atoms with van der Waals surface area (Å²) in [6.07, 6.45) is 0.902. The van der Waals surface area contributed by atoms with Gasteiger partial charge in [0.15, 0.2) is 0 Å². The van der Waals surface area contributed by atoms with Gasteiger partial charge >= 0.3 is 0 Å². The molecule has 0 bridgehead atoms. The molecule has 0 saturated heterocycles. The monoisotopic (exact) mass is 306 g/mol. The highest BCUT2D eigenvalue weighted by Crippen LogP contribution is 2.42. The van der Waals surface area contributed by atoms with E-state index >= 15 is 0 Å². The molecule has 1 unspecified atom stereocenters. The molecule has 2 aromatic carbocycles. The van der Waals surface area contributed by atoms with Gasteiger partial charge < -0.3 is 4.74 Å². The van der Waals surface area contributed by atoms with Crippen LogP contribution in [0.15, 0.2) is 30.3 Å². The zero-order chi connectivity index (χ0) is 14.3. The normalized spacial score (nSPS) is 14.8. The molecule has 0 saturated carbocycles. The number of alkyl halides is 1. The zero-order valence-electron chi connectivity index (χ0n) is 11.5. The van der Waals surface area contributed by atoms with Gasteiger partial charge in [-0.2, -0.15) is 0 Å². The van der Waals surface area contributed by atoms with E-state index in [-0.39, 0.29) is 5.38 Å². The van der Waals surface area contributed by atoms with Gasteiger partial charge in [0.05, 0.1) is 12.0 Å². The summed E-state index contributed by atoms with van der Waals surface area (Å²) in [4.78, 5) is 0. The van der Waals surface area contributed by atoms with Crippen LogP contribution < -0.4 is 4.74 Å². The molecule has 0 fully saturated rings. The first kappa shape index (κ1) is 13.8. The maximum Gasteiger partial charge on any atom is 0.127 e. The van der Waals surface area contributed by atoms with Crippen molar-refractivity contribution in [3.05, 3.63) is 63.2 Å². The SMILES string of the molecule is Cc1ccc(C)c(C(Cl)c2cc(Cl)cc3c2OCC3)c1. The molecule has 0 spiro atoms. The molecule has 1 heterocycles. The Labute approximate surface area is 129 Å². The lowest BCUT2D eigenvalue weighted by molar-refractivity contribution is 0.353. The molecule has 2 aromatic rings. The Morgan fingerprint density at radius 2 is 1.90 bits per heavy atom. The highest BCUT2D eigenvalue weighted by atomic mass is 35.5. The number of fused-ring (bicyclic) bond motifs is 1. The van der Waals surface area contributed by atoms with Gasteiger partial charge in [-0.1, -0.05) is 35.4 Å². The van der Waals surface area contributed by atoms with Crippen molar-refractivity contribution in [2.24, 2.45) is 0 Å². The fraction of sp³-hybridized carbons (Fsp3) is 0.294. The largest absolute Gasteiger partial charge is 0.493 e. The molecule has 0 aromatic heterocycles. The molecular weight excluding hydrogens is 291 g/mol.